The van der Waals surface area contributed by atoms with Gasteiger partial charge < -0.3 is 14.7 Å². The molecule has 2 aromatic heterocycles. The summed E-state index contributed by atoms with van der Waals surface area (Å²) in [5.74, 6) is 0.653. The highest BCUT2D eigenvalue weighted by atomic mass is 32.2. The van der Waals surface area contributed by atoms with E-state index in [2.05, 4.69) is 15.0 Å². The van der Waals surface area contributed by atoms with Crippen molar-refractivity contribution in [2.45, 2.75) is 5.16 Å². The number of hydrogen-bond donors (Lipinski definition) is 1. The van der Waals surface area contributed by atoms with E-state index in [-0.39, 0.29) is 6.79 Å². The lowest BCUT2D eigenvalue weighted by molar-refractivity contribution is 0.0511. The van der Waals surface area contributed by atoms with E-state index in [4.69, 9.17) is 9.47 Å². The largest absolute Gasteiger partial charge is 0.468 e. The van der Waals surface area contributed by atoms with E-state index >= 15 is 0 Å². The van der Waals surface area contributed by atoms with Crippen LogP contribution in [0.2, 0.25) is 0 Å². The van der Waals surface area contributed by atoms with E-state index < -0.39 is 0 Å². The van der Waals surface area contributed by atoms with Crippen molar-refractivity contribution in [3.63, 3.8) is 0 Å². The van der Waals surface area contributed by atoms with E-state index in [1.54, 1.807) is 19.4 Å². The van der Waals surface area contributed by atoms with Gasteiger partial charge in [-0.15, -0.1) is 0 Å². The Morgan fingerprint density at radius 2 is 2.12 bits per heavy atom. The minimum absolute atomic E-state index is 0.160. The highest BCUT2D eigenvalue weighted by Gasteiger charge is 2.17. The molecule has 1 aromatic carbocycles. The number of rotatable bonds is 6. The van der Waals surface area contributed by atoms with Crippen molar-refractivity contribution in [3.8, 4) is 28.4 Å². The molecule has 0 amide bonds. The van der Waals surface area contributed by atoms with Gasteiger partial charge in [0.1, 0.15) is 23.5 Å². The molecule has 3 rings (SSSR count). The summed E-state index contributed by atoms with van der Waals surface area (Å²) >= 11 is 1.43. The molecule has 0 bridgehead atoms. The summed E-state index contributed by atoms with van der Waals surface area (Å²) in [6.45, 7) is 0.160. The Morgan fingerprint density at radius 1 is 1.25 bits per heavy atom. The molecule has 2 heterocycles. The quantitative estimate of drug-likeness (QED) is 0.318. The summed E-state index contributed by atoms with van der Waals surface area (Å²) in [4.78, 5) is 12.9. The van der Waals surface area contributed by atoms with Crippen molar-refractivity contribution in [2.24, 2.45) is 0 Å². The number of methoxy groups -OCH3 is 1. The number of benzene rings is 1. The van der Waals surface area contributed by atoms with Gasteiger partial charge in [-0.05, 0) is 24.5 Å². The fraction of sp³-hybridized carbons (Fsp3) is 0.188. The molecular weight excluding hydrogens is 328 g/mol. The Balaban J connectivity index is 2.04. The van der Waals surface area contributed by atoms with Crippen LogP contribution in [0.4, 0.5) is 0 Å². The second-order valence-electron chi connectivity index (χ2n) is 4.79. The fourth-order valence-electron chi connectivity index (χ4n) is 2.22. The number of ether oxygens (including phenoxy) is 2. The zero-order chi connectivity index (χ0) is 16.9. The summed E-state index contributed by atoms with van der Waals surface area (Å²) in [5.41, 5.74) is 2.49. The van der Waals surface area contributed by atoms with Gasteiger partial charge in [0.2, 0.25) is 0 Å². The van der Waals surface area contributed by atoms with E-state index in [0.717, 1.165) is 10.3 Å². The zero-order valence-electron chi connectivity index (χ0n) is 13.2. The topological polar surface area (TPSA) is 82.3 Å². The van der Waals surface area contributed by atoms with Crippen LogP contribution in [0.5, 0.6) is 5.75 Å². The van der Waals surface area contributed by atoms with E-state index in [0.29, 0.717) is 28.0 Å². The van der Waals surface area contributed by atoms with E-state index in [1.807, 2.05) is 30.5 Å². The van der Waals surface area contributed by atoms with Crippen LogP contribution in [0.3, 0.4) is 0 Å². The lowest BCUT2D eigenvalue weighted by Crippen LogP contribution is -1.99. The third kappa shape index (κ3) is 3.34. The van der Waals surface area contributed by atoms with E-state index in [1.165, 1.54) is 18.1 Å². The van der Waals surface area contributed by atoms with Crippen molar-refractivity contribution in [1.29, 1.82) is 0 Å². The maximum absolute atomic E-state index is 10.2. The lowest BCUT2D eigenvalue weighted by Gasteiger charge is -2.08. The van der Waals surface area contributed by atoms with Crippen molar-refractivity contribution in [1.82, 2.24) is 19.7 Å². The third-order valence-corrected chi connectivity index (χ3v) is 3.82. The van der Waals surface area contributed by atoms with Crippen LogP contribution in [-0.2, 0) is 4.74 Å². The van der Waals surface area contributed by atoms with Crippen LogP contribution in [0.25, 0.3) is 22.6 Å². The number of thioether (sulfide) groups is 1. The molecule has 0 aliphatic heterocycles. The standard InChI is InChI=1S/C16H16N4O3S/c1-22-10-23-12-5-3-4-11(8-12)14-15(20(21)9-18-14)13-6-7-17-16(19-13)24-2/h3-9,21H,10H2,1-2H3. The molecule has 0 fully saturated rings. The Hall–Kier alpha value is -2.58. The second-order valence-corrected chi connectivity index (χ2v) is 5.57. The average Bonchev–Trinajstić information content (AvgIpc) is 3.02. The molecule has 24 heavy (non-hydrogen) atoms. The molecule has 124 valence electrons. The summed E-state index contributed by atoms with van der Waals surface area (Å²) in [5, 5.41) is 10.8. The minimum Gasteiger partial charge on any atom is -0.468 e. The number of imidazole rings is 1. The van der Waals surface area contributed by atoms with Gasteiger partial charge in [0.15, 0.2) is 11.9 Å². The first-order valence-electron chi connectivity index (χ1n) is 7.09. The maximum Gasteiger partial charge on any atom is 0.188 e. The Labute approximate surface area is 143 Å². The average molecular weight is 344 g/mol. The smallest absolute Gasteiger partial charge is 0.188 e. The predicted molar refractivity (Wildman–Crippen MR) is 90.2 cm³/mol. The lowest BCUT2D eigenvalue weighted by atomic mass is 10.1. The third-order valence-electron chi connectivity index (χ3n) is 3.26. The van der Waals surface area contributed by atoms with Gasteiger partial charge in [-0.1, -0.05) is 23.9 Å². The molecule has 1 N–H and O–H groups in total. The minimum atomic E-state index is 0.160. The SMILES string of the molecule is COCOc1cccc(-c2ncn(O)c2-c2ccnc(SC)n2)c1. The van der Waals surface area contributed by atoms with Gasteiger partial charge in [0.25, 0.3) is 0 Å². The maximum atomic E-state index is 10.2. The van der Waals surface area contributed by atoms with Crippen LogP contribution in [-0.4, -0.2) is 45.0 Å². The Kier molecular flexibility index (Phi) is 4.97. The molecule has 0 radical (unpaired) electrons. The molecule has 7 nitrogen and oxygen atoms in total. The molecule has 0 saturated carbocycles. The van der Waals surface area contributed by atoms with Gasteiger partial charge in [-0.3, -0.25) is 0 Å². The summed E-state index contributed by atoms with van der Waals surface area (Å²) in [6, 6.07) is 9.14. The molecule has 0 aliphatic rings. The van der Waals surface area contributed by atoms with Crippen molar-refractivity contribution in [3.05, 3.63) is 42.9 Å². The Bertz CT molecular complexity index is 838. The van der Waals surface area contributed by atoms with Gasteiger partial charge in [0, 0.05) is 18.9 Å². The predicted octanol–water partition coefficient (Wildman–Crippen LogP) is 2.95. The van der Waals surface area contributed by atoms with Crippen LogP contribution >= 0.6 is 11.8 Å². The van der Waals surface area contributed by atoms with E-state index in [9.17, 15) is 5.21 Å². The second kappa shape index (κ2) is 7.33. The normalized spacial score (nSPS) is 10.8. The zero-order valence-corrected chi connectivity index (χ0v) is 14.0. The van der Waals surface area contributed by atoms with Crippen LogP contribution < -0.4 is 4.74 Å². The molecule has 8 heteroatoms. The van der Waals surface area contributed by atoms with Crippen LogP contribution in [0.1, 0.15) is 0 Å². The first-order chi connectivity index (χ1) is 11.7. The van der Waals surface area contributed by atoms with Gasteiger partial charge in [-0.2, -0.15) is 4.73 Å². The molecular formula is C16H16N4O3S. The number of nitrogens with zero attached hydrogens (tertiary/aromatic N) is 4. The van der Waals surface area contributed by atoms with Crippen molar-refractivity contribution >= 4 is 11.8 Å². The fourth-order valence-corrected chi connectivity index (χ4v) is 2.58. The molecule has 0 aliphatic carbocycles. The highest BCUT2D eigenvalue weighted by molar-refractivity contribution is 7.98. The molecule has 0 saturated heterocycles. The first-order valence-corrected chi connectivity index (χ1v) is 8.31. The number of aromatic nitrogens is 4. The van der Waals surface area contributed by atoms with Gasteiger partial charge in [0.05, 0.1) is 5.69 Å². The highest BCUT2D eigenvalue weighted by Crippen LogP contribution is 2.31. The summed E-state index contributed by atoms with van der Waals surface area (Å²) in [7, 11) is 1.56. The molecule has 3 aromatic rings. The summed E-state index contributed by atoms with van der Waals surface area (Å²) in [6.07, 6.45) is 4.89. The van der Waals surface area contributed by atoms with Gasteiger partial charge in [-0.25, -0.2) is 15.0 Å². The van der Waals surface area contributed by atoms with Crippen LogP contribution in [0.15, 0.2) is 48.0 Å². The summed E-state index contributed by atoms with van der Waals surface area (Å²) < 4.78 is 11.3. The molecule has 0 atom stereocenters. The Morgan fingerprint density at radius 3 is 2.92 bits per heavy atom. The first kappa shape index (κ1) is 16.3. The monoisotopic (exact) mass is 344 g/mol. The van der Waals surface area contributed by atoms with Crippen molar-refractivity contribution in [2.75, 3.05) is 20.2 Å². The van der Waals surface area contributed by atoms with Crippen molar-refractivity contribution < 1.29 is 14.7 Å². The molecule has 0 spiro atoms. The van der Waals surface area contributed by atoms with Gasteiger partial charge >= 0.3 is 0 Å². The van der Waals surface area contributed by atoms with Crippen LogP contribution in [0, 0.1) is 0 Å². The number of hydrogen-bond acceptors (Lipinski definition) is 7. The molecule has 0 unspecified atom stereocenters.